The molecule has 2 aliphatic rings. The van der Waals surface area contributed by atoms with Gasteiger partial charge in [-0.1, -0.05) is 23.3 Å². The SMILES string of the molecule is C[S+]([O-])c1ccc2c(c1)n(-c1ccccc1)c(=O)cc1nnc(=O)n2-1. The van der Waals surface area contributed by atoms with Crippen LogP contribution in [-0.4, -0.2) is 30.1 Å². The molecule has 0 bridgehead atoms. The van der Waals surface area contributed by atoms with E-state index in [2.05, 4.69) is 10.2 Å². The van der Waals surface area contributed by atoms with Crippen LogP contribution in [0.4, 0.5) is 0 Å². The van der Waals surface area contributed by atoms with E-state index < -0.39 is 16.9 Å². The van der Waals surface area contributed by atoms with Crippen LogP contribution in [0.2, 0.25) is 0 Å². The maximum absolute atomic E-state index is 12.8. The van der Waals surface area contributed by atoms with Crippen molar-refractivity contribution in [2.24, 2.45) is 0 Å². The molecule has 0 amide bonds. The van der Waals surface area contributed by atoms with Gasteiger partial charge in [-0.25, -0.2) is 9.36 Å². The third-order valence-corrected chi connectivity index (χ3v) is 4.82. The van der Waals surface area contributed by atoms with E-state index >= 15 is 0 Å². The molecule has 0 aliphatic carbocycles. The average molecular weight is 352 g/mol. The van der Waals surface area contributed by atoms with Crippen molar-refractivity contribution >= 4 is 22.2 Å². The fourth-order valence-corrected chi connectivity index (χ4v) is 3.33. The van der Waals surface area contributed by atoms with Gasteiger partial charge in [0.2, 0.25) is 0 Å². The number of fused-ring (bicyclic) bond motifs is 3. The molecule has 7 nitrogen and oxygen atoms in total. The zero-order valence-corrected chi connectivity index (χ0v) is 13.9. The molecule has 2 aromatic carbocycles. The summed E-state index contributed by atoms with van der Waals surface area (Å²) in [5.74, 6) is 0.167. The molecule has 0 saturated heterocycles. The minimum atomic E-state index is -1.24. The monoisotopic (exact) mass is 352 g/mol. The molecule has 0 spiro atoms. The number of aromatic nitrogens is 4. The third kappa shape index (κ3) is 2.51. The standard InChI is InChI=1S/C17H12N4O3S/c1-25(24)12-7-8-13-14(9-12)20(11-5-3-2-4-6-11)16(22)10-15-18-19-17(23)21(13)15/h2-10H,1H3. The Bertz CT molecular complexity index is 1170. The molecule has 2 heterocycles. The van der Waals surface area contributed by atoms with E-state index in [-0.39, 0.29) is 11.4 Å². The van der Waals surface area contributed by atoms with Crippen LogP contribution in [0.3, 0.4) is 0 Å². The van der Waals surface area contributed by atoms with Gasteiger partial charge < -0.3 is 4.55 Å². The van der Waals surface area contributed by atoms with E-state index in [1.165, 1.54) is 15.2 Å². The van der Waals surface area contributed by atoms with Gasteiger partial charge in [0.1, 0.15) is 6.26 Å². The highest BCUT2D eigenvalue weighted by Gasteiger charge is 2.17. The van der Waals surface area contributed by atoms with E-state index in [4.69, 9.17) is 0 Å². The quantitative estimate of drug-likeness (QED) is 0.504. The highest BCUT2D eigenvalue weighted by atomic mass is 32.2. The zero-order valence-electron chi connectivity index (χ0n) is 13.1. The van der Waals surface area contributed by atoms with Gasteiger partial charge in [0.25, 0.3) is 5.56 Å². The lowest BCUT2D eigenvalue weighted by Gasteiger charge is -2.10. The van der Waals surface area contributed by atoms with Gasteiger partial charge in [-0.2, -0.15) is 0 Å². The van der Waals surface area contributed by atoms with Crippen LogP contribution in [0, 0.1) is 0 Å². The first-order chi connectivity index (χ1) is 12.1. The van der Waals surface area contributed by atoms with Crippen molar-refractivity contribution < 1.29 is 4.55 Å². The Morgan fingerprint density at radius 2 is 1.68 bits per heavy atom. The summed E-state index contributed by atoms with van der Waals surface area (Å²) in [7, 11) is 0. The van der Waals surface area contributed by atoms with E-state index in [1.54, 1.807) is 36.6 Å². The van der Waals surface area contributed by atoms with E-state index in [0.717, 1.165) is 0 Å². The predicted octanol–water partition coefficient (Wildman–Crippen LogP) is 1.11. The number of para-hydroxylation sites is 1. The van der Waals surface area contributed by atoms with Gasteiger partial charge in [0, 0.05) is 17.8 Å². The molecule has 0 fully saturated rings. The van der Waals surface area contributed by atoms with Crippen LogP contribution < -0.4 is 11.2 Å². The molecule has 0 aromatic heterocycles. The molecular formula is C17H12N4O3S. The van der Waals surface area contributed by atoms with E-state index in [9.17, 15) is 14.1 Å². The smallest absolute Gasteiger partial charge is 0.372 e. The Morgan fingerprint density at radius 1 is 0.920 bits per heavy atom. The van der Waals surface area contributed by atoms with Gasteiger partial charge in [-0.05, 0) is 35.4 Å². The first-order valence-electron chi connectivity index (χ1n) is 7.40. The van der Waals surface area contributed by atoms with Crippen LogP contribution in [-0.2, 0) is 11.2 Å². The van der Waals surface area contributed by atoms with Crippen molar-refractivity contribution in [1.29, 1.82) is 0 Å². The summed E-state index contributed by atoms with van der Waals surface area (Å²) >= 11 is -1.24. The molecule has 0 saturated carbocycles. The number of rotatable bonds is 2. The van der Waals surface area contributed by atoms with Crippen molar-refractivity contribution in [2.45, 2.75) is 4.90 Å². The predicted molar refractivity (Wildman–Crippen MR) is 94.3 cm³/mol. The van der Waals surface area contributed by atoms with Crippen LogP contribution in [0.15, 0.2) is 69.1 Å². The Morgan fingerprint density at radius 3 is 2.40 bits per heavy atom. The summed E-state index contributed by atoms with van der Waals surface area (Å²) < 4.78 is 14.7. The molecule has 4 rings (SSSR count). The van der Waals surface area contributed by atoms with Crippen LogP contribution >= 0.6 is 0 Å². The minimum absolute atomic E-state index is 0.167. The molecule has 25 heavy (non-hydrogen) atoms. The number of nitrogens with zero attached hydrogens (tertiary/aromatic N) is 4. The Labute approximate surface area is 144 Å². The van der Waals surface area contributed by atoms with Crippen molar-refractivity contribution in [3.8, 4) is 11.5 Å². The molecule has 2 aromatic rings. The lowest BCUT2D eigenvalue weighted by atomic mass is 10.2. The second-order valence-electron chi connectivity index (χ2n) is 5.43. The highest BCUT2D eigenvalue weighted by molar-refractivity contribution is 7.90. The van der Waals surface area contributed by atoms with E-state index in [1.807, 2.05) is 18.2 Å². The summed E-state index contributed by atoms with van der Waals surface area (Å²) in [6.07, 6.45) is 1.56. The molecule has 124 valence electrons. The molecule has 2 aliphatic heterocycles. The van der Waals surface area contributed by atoms with Crippen LogP contribution in [0.1, 0.15) is 0 Å². The van der Waals surface area contributed by atoms with Crippen molar-refractivity contribution in [3.63, 3.8) is 0 Å². The van der Waals surface area contributed by atoms with E-state index in [0.29, 0.717) is 21.6 Å². The first kappa shape index (κ1) is 15.6. The van der Waals surface area contributed by atoms with Gasteiger partial charge >= 0.3 is 5.69 Å². The third-order valence-electron chi connectivity index (χ3n) is 3.91. The molecule has 8 heteroatoms. The molecule has 0 N–H and O–H groups in total. The van der Waals surface area contributed by atoms with Crippen molar-refractivity contribution in [1.82, 2.24) is 19.3 Å². The Hall–Kier alpha value is -2.97. The second kappa shape index (κ2) is 5.83. The average Bonchev–Trinajstić information content (AvgIpc) is 2.90. The van der Waals surface area contributed by atoms with Gasteiger partial charge in [-0.15, -0.1) is 5.10 Å². The summed E-state index contributed by atoms with van der Waals surface area (Å²) in [5, 5.41) is 7.31. The largest absolute Gasteiger partial charge is 0.612 e. The molecule has 0 radical (unpaired) electrons. The molecular weight excluding hydrogens is 340 g/mol. The van der Waals surface area contributed by atoms with Gasteiger partial charge in [0.05, 0.1) is 11.0 Å². The Kier molecular flexibility index (Phi) is 3.63. The summed E-state index contributed by atoms with van der Waals surface area (Å²) in [4.78, 5) is 25.5. The fourth-order valence-electron chi connectivity index (χ4n) is 2.79. The Balaban J connectivity index is 2.26. The normalized spacial score (nSPS) is 12.6. The van der Waals surface area contributed by atoms with Crippen molar-refractivity contribution in [2.75, 3.05) is 6.26 Å². The van der Waals surface area contributed by atoms with Crippen LogP contribution in [0.25, 0.3) is 22.5 Å². The van der Waals surface area contributed by atoms with Gasteiger partial charge in [0.15, 0.2) is 10.7 Å². The minimum Gasteiger partial charge on any atom is -0.612 e. The maximum atomic E-state index is 12.8. The molecule has 1 atom stereocenters. The number of hydrogen-bond acceptors (Lipinski definition) is 5. The van der Waals surface area contributed by atoms with Crippen LogP contribution in [0.5, 0.6) is 0 Å². The summed E-state index contributed by atoms with van der Waals surface area (Å²) in [6, 6.07) is 15.3. The number of benzene rings is 2. The fraction of sp³-hybridized carbons (Fsp3) is 0.0588. The lowest BCUT2D eigenvalue weighted by molar-refractivity contribution is 0.601. The summed E-state index contributed by atoms with van der Waals surface area (Å²) in [5.41, 5.74) is 0.620. The lowest BCUT2D eigenvalue weighted by Crippen LogP contribution is -2.15. The topological polar surface area (TPSA) is 92.8 Å². The molecule has 1 unspecified atom stereocenters. The zero-order chi connectivity index (χ0) is 17.6. The number of hydrogen-bond donors (Lipinski definition) is 0. The second-order valence-corrected chi connectivity index (χ2v) is 6.81. The summed E-state index contributed by atoms with van der Waals surface area (Å²) in [6.45, 7) is 0. The first-order valence-corrected chi connectivity index (χ1v) is 8.96. The van der Waals surface area contributed by atoms with Gasteiger partial charge in [-0.3, -0.25) is 9.36 Å². The highest BCUT2D eigenvalue weighted by Crippen LogP contribution is 2.21. The maximum Gasteiger partial charge on any atom is 0.372 e. The van der Waals surface area contributed by atoms with Crippen molar-refractivity contribution in [3.05, 3.63) is 75.4 Å².